The molecule has 1 aromatic rings. The molecule has 0 atom stereocenters. The first-order valence-corrected chi connectivity index (χ1v) is 8.96. The number of hydrogen-bond donors (Lipinski definition) is 1. The van der Waals surface area contributed by atoms with Crippen LogP contribution in [0.4, 0.5) is 5.69 Å². The summed E-state index contributed by atoms with van der Waals surface area (Å²) in [5.41, 5.74) is 0.517. The summed E-state index contributed by atoms with van der Waals surface area (Å²) in [7, 11) is -2.06. The third-order valence-corrected chi connectivity index (χ3v) is 5.11. The highest BCUT2D eigenvalue weighted by Crippen LogP contribution is 2.33. The maximum atomic E-state index is 12.3. The second kappa shape index (κ2) is 7.11. The van der Waals surface area contributed by atoms with E-state index in [1.54, 1.807) is 11.0 Å². The number of nitrogens with zero attached hydrogens (tertiary/aromatic N) is 1. The maximum Gasteiger partial charge on any atom is 0.240 e. The van der Waals surface area contributed by atoms with Gasteiger partial charge < -0.3 is 9.64 Å². The largest absolute Gasteiger partial charge is 0.495 e. The number of anilines is 1. The van der Waals surface area contributed by atoms with E-state index in [1.165, 1.54) is 19.2 Å². The molecular formula is C15H22N2O4S. The minimum absolute atomic E-state index is 0.00760. The van der Waals surface area contributed by atoms with E-state index in [9.17, 15) is 13.2 Å². The number of methoxy groups -OCH3 is 1. The van der Waals surface area contributed by atoms with Gasteiger partial charge in [-0.15, -0.1) is 0 Å². The van der Waals surface area contributed by atoms with Crippen LogP contribution in [-0.4, -0.2) is 34.5 Å². The zero-order valence-corrected chi connectivity index (χ0v) is 13.8. The Morgan fingerprint density at radius 3 is 2.73 bits per heavy atom. The molecule has 0 unspecified atom stereocenters. The molecule has 0 saturated carbocycles. The lowest BCUT2D eigenvalue weighted by molar-refractivity contribution is -0.117. The fourth-order valence-corrected chi connectivity index (χ4v) is 3.51. The van der Waals surface area contributed by atoms with Crippen LogP contribution in [0.25, 0.3) is 0 Å². The number of ether oxygens (including phenoxy) is 1. The molecule has 0 spiro atoms. The van der Waals surface area contributed by atoms with Gasteiger partial charge in [0.25, 0.3) is 0 Å². The molecule has 1 amide bonds. The Hall–Kier alpha value is -1.60. The number of hydrogen-bond acceptors (Lipinski definition) is 4. The Bertz CT molecular complexity index is 643. The average Bonchev–Trinajstić information content (AvgIpc) is 2.92. The molecule has 122 valence electrons. The van der Waals surface area contributed by atoms with Crippen LogP contribution >= 0.6 is 0 Å². The summed E-state index contributed by atoms with van der Waals surface area (Å²) in [6.45, 7) is 2.99. The van der Waals surface area contributed by atoms with Crippen molar-refractivity contribution in [3.8, 4) is 5.75 Å². The first-order valence-electron chi connectivity index (χ1n) is 7.47. The van der Waals surface area contributed by atoms with Gasteiger partial charge in [-0.3, -0.25) is 4.79 Å². The number of nitrogens with one attached hydrogen (secondary N) is 1. The summed E-state index contributed by atoms with van der Waals surface area (Å²) < 4.78 is 32.4. The Kier molecular flexibility index (Phi) is 5.42. The molecule has 1 aliphatic heterocycles. The van der Waals surface area contributed by atoms with Crippen molar-refractivity contribution in [3.05, 3.63) is 18.2 Å². The van der Waals surface area contributed by atoms with Crippen LogP contribution in [0.2, 0.25) is 0 Å². The predicted octanol–water partition coefficient (Wildman–Crippen LogP) is 1.90. The molecule has 0 radical (unpaired) electrons. The van der Waals surface area contributed by atoms with Crippen LogP contribution in [-0.2, 0) is 14.8 Å². The van der Waals surface area contributed by atoms with Crippen molar-refractivity contribution < 1.29 is 17.9 Å². The van der Waals surface area contributed by atoms with E-state index < -0.39 is 10.0 Å². The first kappa shape index (κ1) is 16.8. The number of unbranched alkanes of at least 4 members (excludes halogenated alkanes) is 1. The van der Waals surface area contributed by atoms with Crippen LogP contribution in [0.3, 0.4) is 0 Å². The lowest BCUT2D eigenvalue weighted by Gasteiger charge is -2.20. The SMILES string of the molecule is CCCCNS(=O)(=O)c1ccc(OC)c(N2CCCC2=O)c1. The van der Waals surface area contributed by atoms with Crippen molar-refractivity contribution in [3.63, 3.8) is 0 Å². The summed E-state index contributed by atoms with van der Waals surface area (Å²) in [6, 6.07) is 4.60. The maximum absolute atomic E-state index is 12.3. The van der Waals surface area contributed by atoms with Crippen molar-refractivity contribution in [2.75, 3.05) is 25.1 Å². The molecule has 7 heteroatoms. The van der Waals surface area contributed by atoms with Crippen LogP contribution in [0.1, 0.15) is 32.6 Å². The monoisotopic (exact) mass is 326 g/mol. The molecule has 2 rings (SSSR count). The molecular weight excluding hydrogens is 304 g/mol. The van der Waals surface area contributed by atoms with Crippen molar-refractivity contribution in [2.45, 2.75) is 37.5 Å². The van der Waals surface area contributed by atoms with Crippen molar-refractivity contribution >= 4 is 21.6 Å². The number of benzene rings is 1. The lowest BCUT2D eigenvalue weighted by atomic mass is 10.2. The Balaban J connectivity index is 2.32. The summed E-state index contributed by atoms with van der Waals surface area (Å²) in [4.78, 5) is 13.7. The van der Waals surface area contributed by atoms with Gasteiger partial charge in [-0.1, -0.05) is 13.3 Å². The third-order valence-electron chi connectivity index (χ3n) is 3.65. The van der Waals surface area contributed by atoms with E-state index in [2.05, 4.69) is 4.72 Å². The number of carbonyl (C=O) groups excluding carboxylic acids is 1. The van der Waals surface area contributed by atoms with Crippen LogP contribution < -0.4 is 14.4 Å². The molecule has 0 bridgehead atoms. The number of carbonyl (C=O) groups is 1. The normalized spacial score (nSPS) is 15.4. The summed E-state index contributed by atoms with van der Waals surface area (Å²) in [6.07, 6.45) is 2.95. The van der Waals surface area contributed by atoms with Crippen molar-refractivity contribution in [1.29, 1.82) is 0 Å². The molecule has 0 aromatic heterocycles. The van der Waals surface area contributed by atoms with Crippen molar-refractivity contribution in [2.24, 2.45) is 0 Å². The average molecular weight is 326 g/mol. The Morgan fingerprint density at radius 1 is 1.36 bits per heavy atom. The van der Waals surface area contributed by atoms with Gasteiger partial charge >= 0.3 is 0 Å². The van der Waals surface area contributed by atoms with E-state index in [1.807, 2.05) is 6.92 Å². The standard InChI is InChI=1S/C15H22N2O4S/c1-3-4-9-16-22(19,20)12-7-8-14(21-2)13(11-12)17-10-5-6-15(17)18/h7-8,11,16H,3-6,9-10H2,1-2H3. The topological polar surface area (TPSA) is 75.7 Å². The number of sulfonamides is 1. The fourth-order valence-electron chi connectivity index (χ4n) is 2.42. The van der Waals surface area contributed by atoms with Gasteiger partial charge in [-0.25, -0.2) is 13.1 Å². The number of amides is 1. The Morgan fingerprint density at radius 2 is 2.14 bits per heavy atom. The smallest absolute Gasteiger partial charge is 0.240 e. The molecule has 0 aliphatic carbocycles. The van der Waals surface area contributed by atoms with E-state index in [-0.39, 0.29) is 10.8 Å². The minimum Gasteiger partial charge on any atom is -0.495 e. The predicted molar refractivity (Wildman–Crippen MR) is 84.7 cm³/mol. The minimum atomic E-state index is -3.57. The lowest BCUT2D eigenvalue weighted by Crippen LogP contribution is -2.27. The van der Waals surface area contributed by atoms with Crippen LogP contribution in [0.5, 0.6) is 5.75 Å². The molecule has 22 heavy (non-hydrogen) atoms. The van der Waals surface area contributed by atoms with Crippen LogP contribution in [0.15, 0.2) is 23.1 Å². The van der Waals surface area contributed by atoms with Gasteiger partial charge in [0.15, 0.2) is 0 Å². The first-order chi connectivity index (χ1) is 10.5. The molecule has 1 N–H and O–H groups in total. The van der Waals surface area contributed by atoms with E-state index in [0.717, 1.165) is 19.3 Å². The van der Waals surface area contributed by atoms with Crippen LogP contribution in [0, 0.1) is 0 Å². The van der Waals surface area contributed by atoms with Gasteiger partial charge in [0.1, 0.15) is 5.75 Å². The molecule has 1 aliphatic rings. The molecule has 1 fully saturated rings. The van der Waals surface area contributed by atoms with E-state index in [0.29, 0.717) is 30.9 Å². The van der Waals surface area contributed by atoms with E-state index >= 15 is 0 Å². The molecule has 1 aromatic carbocycles. The number of rotatable bonds is 7. The van der Waals surface area contributed by atoms with Crippen molar-refractivity contribution in [1.82, 2.24) is 4.72 Å². The highest BCUT2D eigenvalue weighted by atomic mass is 32.2. The highest BCUT2D eigenvalue weighted by molar-refractivity contribution is 7.89. The zero-order chi connectivity index (χ0) is 16.2. The summed E-state index contributed by atoms with van der Waals surface area (Å²) in [5.74, 6) is 0.495. The highest BCUT2D eigenvalue weighted by Gasteiger charge is 2.26. The second-order valence-electron chi connectivity index (χ2n) is 5.23. The van der Waals surface area contributed by atoms with E-state index in [4.69, 9.17) is 4.74 Å². The molecule has 1 saturated heterocycles. The Labute approximate surface area is 131 Å². The third kappa shape index (κ3) is 3.59. The van der Waals surface area contributed by atoms with Gasteiger partial charge in [0, 0.05) is 19.5 Å². The second-order valence-corrected chi connectivity index (χ2v) is 7.00. The zero-order valence-electron chi connectivity index (χ0n) is 13.0. The fraction of sp³-hybridized carbons (Fsp3) is 0.533. The summed E-state index contributed by atoms with van der Waals surface area (Å²) in [5, 5.41) is 0. The van der Waals surface area contributed by atoms with Gasteiger partial charge in [-0.2, -0.15) is 0 Å². The van der Waals surface area contributed by atoms with Gasteiger partial charge in [0.2, 0.25) is 15.9 Å². The molecule has 1 heterocycles. The van der Waals surface area contributed by atoms with Gasteiger partial charge in [-0.05, 0) is 31.0 Å². The quantitative estimate of drug-likeness (QED) is 0.777. The summed E-state index contributed by atoms with van der Waals surface area (Å²) >= 11 is 0. The van der Waals surface area contributed by atoms with Gasteiger partial charge in [0.05, 0.1) is 17.7 Å². The molecule has 6 nitrogen and oxygen atoms in total.